The number of amides is 1. The molecule has 3 N–H and O–H groups in total. The van der Waals surface area contributed by atoms with Crippen LogP contribution in [0.4, 0.5) is 0 Å². The minimum absolute atomic E-state index is 0.00224. The van der Waals surface area contributed by atoms with E-state index in [-0.39, 0.29) is 5.91 Å². The van der Waals surface area contributed by atoms with Crippen molar-refractivity contribution in [3.8, 4) is 17.2 Å². The summed E-state index contributed by atoms with van der Waals surface area (Å²) in [7, 11) is 6.42. The van der Waals surface area contributed by atoms with E-state index in [1.807, 2.05) is 32.9 Å². The molecule has 0 saturated carbocycles. The van der Waals surface area contributed by atoms with Crippen molar-refractivity contribution < 1.29 is 19.0 Å². The summed E-state index contributed by atoms with van der Waals surface area (Å²) in [6, 6.07) is 3.75. The third-order valence-corrected chi connectivity index (χ3v) is 4.06. The Labute approximate surface area is 161 Å². The molecule has 0 heterocycles. The molecule has 27 heavy (non-hydrogen) atoms. The van der Waals surface area contributed by atoms with E-state index in [1.165, 1.54) is 0 Å². The number of nitrogens with one attached hydrogen (secondary N) is 3. The van der Waals surface area contributed by atoms with Gasteiger partial charge in [0.05, 0.1) is 26.7 Å². The summed E-state index contributed by atoms with van der Waals surface area (Å²) >= 11 is 0. The van der Waals surface area contributed by atoms with Crippen LogP contribution in [0.5, 0.6) is 17.2 Å². The Hall–Kier alpha value is -2.64. The summed E-state index contributed by atoms with van der Waals surface area (Å²) < 4.78 is 16.1. The Balaban J connectivity index is 2.77. The molecule has 1 aromatic carbocycles. The van der Waals surface area contributed by atoms with Gasteiger partial charge >= 0.3 is 0 Å². The van der Waals surface area contributed by atoms with Crippen molar-refractivity contribution in [1.29, 1.82) is 0 Å². The maximum absolute atomic E-state index is 12.1. The third kappa shape index (κ3) is 6.23. The molecule has 0 radical (unpaired) electrons. The van der Waals surface area contributed by atoms with Crippen LogP contribution < -0.4 is 30.2 Å². The topological polar surface area (TPSA) is 93.2 Å². The van der Waals surface area contributed by atoms with E-state index in [2.05, 4.69) is 20.9 Å². The van der Waals surface area contributed by atoms with E-state index in [9.17, 15) is 4.79 Å². The van der Waals surface area contributed by atoms with Crippen molar-refractivity contribution in [2.45, 2.75) is 27.3 Å². The van der Waals surface area contributed by atoms with Gasteiger partial charge in [0.2, 0.25) is 11.7 Å². The van der Waals surface area contributed by atoms with Gasteiger partial charge in [0.1, 0.15) is 0 Å². The van der Waals surface area contributed by atoms with Gasteiger partial charge in [-0.2, -0.15) is 0 Å². The summed E-state index contributed by atoms with van der Waals surface area (Å²) in [4.78, 5) is 16.3. The van der Waals surface area contributed by atoms with Crippen molar-refractivity contribution in [1.82, 2.24) is 16.0 Å². The molecule has 152 valence electrons. The first kappa shape index (κ1) is 22.4. The molecule has 1 aromatic rings. The monoisotopic (exact) mass is 380 g/mol. The molecule has 8 nitrogen and oxygen atoms in total. The lowest BCUT2D eigenvalue weighted by Gasteiger charge is -2.25. The Morgan fingerprint density at radius 2 is 1.63 bits per heavy atom. The smallest absolute Gasteiger partial charge is 0.227 e. The molecular weight excluding hydrogens is 348 g/mol. The molecule has 0 spiro atoms. The zero-order chi connectivity index (χ0) is 20.4. The SMILES string of the molecule is CCNC(=O)C(C)(C)CNC(=NC)NCc1cc(OC)c(OC)c(OC)c1. The number of benzene rings is 1. The Bertz CT molecular complexity index is 634. The first-order chi connectivity index (χ1) is 12.8. The number of hydrogen-bond acceptors (Lipinski definition) is 5. The van der Waals surface area contributed by atoms with Gasteiger partial charge in [-0.05, 0) is 38.5 Å². The van der Waals surface area contributed by atoms with Crippen molar-refractivity contribution in [2.75, 3.05) is 41.5 Å². The fourth-order valence-corrected chi connectivity index (χ4v) is 2.43. The molecule has 0 fully saturated rings. The lowest BCUT2D eigenvalue weighted by Crippen LogP contribution is -2.47. The standard InChI is InChI=1S/C19H32N4O4/c1-8-21-17(24)19(2,3)12-23-18(20-4)22-11-13-9-14(25-5)16(27-7)15(10-13)26-6/h9-10H,8,11-12H2,1-7H3,(H,21,24)(H2,20,22,23). The summed E-state index contributed by atoms with van der Waals surface area (Å²) in [6.07, 6.45) is 0. The largest absolute Gasteiger partial charge is 0.493 e. The highest BCUT2D eigenvalue weighted by molar-refractivity contribution is 5.84. The minimum atomic E-state index is -0.555. The van der Waals surface area contributed by atoms with Gasteiger partial charge in [-0.25, -0.2) is 0 Å². The zero-order valence-corrected chi connectivity index (χ0v) is 17.4. The summed E-state index contributed by atoms with van der Waals surface area (Å²) in [5, 5.41) is 9.26. The highest BCUT2D eigenvalue weighted by Crippen LogP contribution is 2.38. The minimum Gasteiger partial charge on any atom is -0.493 e. The molecule has 0 aliphatic heterocycles. The zero-order valence-electron chi connectivity index (χ0n) is 17.4. The summed E-state index contributed by atoms with van der Waals surface area (Å²) in [5.74, 6) is 2.33. The average Bonchev–Trinajstić information content (AvgIpc) is 2.67. The van der Waals surface area contributed by atoms with Crippen LogP contribution in [0.1, 0.15) is 26.3 Å². The van der Waals surface area contributed by atoms with Gasteiger partial charge in [-0.1, -0.05) is 0 Å². The van der Waals surface area contributed by atoms with E-state index in [1.54, 1.807) is 28.4 Å². The van der Waals surface area contributed by atoms with Crippen molar-refractivity contribution >= 4 is 11.9 Å². The fraction of sp³-hybridized carbons (Fsp3) is 0.579. The highest BCUT2D eigenvalue weighted by Gasteiger charge is 2.27. The number of ether oxygens (including phenoxy) is 3. The van der Waals surface area contributed by atoms with Gasteiger partial charge in [0, 0.05) is 26.7 Å². The molecule has 1 amide bonds. The molecule has 1 rings (SSSR count). The molecule has 0 saturated heterocycles. The molecule has 0 bridgehead atoms. The van der Waals surface area contributed by atoms with E-state index in [0.717, 1.165) is 5.56 Å². The number of hydrogen-bond donors (Lipinski definition) is 3. The quantitative estimate of drug-likeness (QED) is 0.445. The molecule has 0 aliphatic carbocycles. The Morgan fingerprint density at radius 3 is 2.07 bits per heavy atom. The molecule has 0 unspecified atom stereocenters. The van der Waals surface area contributed by atoms with Crippen LogP contribution in [0.15, 0.2) is 17.1 Å². The number of carbonyl (C=O) groups is 1. The van der Waals surface area contributed by atoms with Crippen molar-refractivity contribution in [3.05, 3.63) is 17.7 Å². The second-order valence-electron chi connectivity index (χ2n) is 6.56. The maximum atomic E-state index is 12.1. The predicted octanol–water partition coefficient (Wildman–Crippen LogP) is 1.54. The van der Waals surface area contributed by atoms with Gasteiger partial charge in [-0.15, -0.1) is 0 Å². The van der Waals surface area contributed by atoms with Gasteiger partial charge in [-0.3, -0.25) is 9.79 Å². The number of methoxy groups -OCH3 is 3. The van der Waals surface area contributed by atoms with E-state index in [4.69, 9.17) is 14.2 Å². The van der Waals surface area contributed by atoms with Crippen LogP contribution in [0.3, 0.4) is 0 Å². The molecule has 0 atom stereocenters. The van der Waals surface area contributed by atoms with Crippen LogP contribution in [0.25, 0.3) is 0 Å². The number of guanidine groups is 1. The van der Waals surface area contributed by atoms with Crippen LogP contribution in [0.2, 0.25) is 0 Å². The Kier molecular flexibility index (Phi) is 8.71. The first-order valence-electron chi connectivity index (χ1n) is 8.84. The molecule has 0 aromatic heterocycles. The maximum Gasteiger partial charge on any atom is 0.227 e. The molecule has 0 aliphatic rings. The number of carbonyl (C=O) groups excluding carboxylic acids is 1. The van der Waals surface area contributed by atoms with Gasteiger partial charge in [0.15, 0.2) is 17.5 Å². The van der Waals surface area contributed by atoms with Gasteiger partial charge in [0.25, 0.3) is 0 Å². The number of nitrogens with zero attached hydrogens (tertiary/aromatic N) is 1. The number of rotatable bonds is 9. The highest BCUT2D eigenvalue weighted by atomic mass is 16.5. The molecular formula is C19H32N4O4. The van der Waals surface area contributed by atoms with E-state index >= 15 is 0 Å². The fourth-order valence-electron chi connectivity index (χ4n) is 2.43. The molecule has 8 heteroatoms. The summed E-state index contributed by atoms with van der Waals surface area (Å²) in [5.41, 5.74) is 0.385. The van der Waals surface area contributed by atoms with Crippen LogP contribution in [0, 0.1) is 5.41 Å². The van der Waals surface area contributed by atoms with E-state index < -0.39 is 5.41 Å². The van der Waals surface area contributed by atoms with Crippen molar-refractivity contribution in [3.63, 3.8) is 0 Å². The van der Waals surface area contributed by atoms with Crippen LogP contribution in [-0.4, -0.2) is 53.3 Å². The second kappa shape index (κ2) is 10.5. The third-order valence-electron chi connectivity index (χ3n) is 4.06. The summed E-state index contributed by atoms with van der Waals surface area (Å²) in [6.45, 7) is 7.23. The van der Waals surface area contributed by atoms with E-state index in [0.29, 0.717) is 42.8 Å². The van der Waals surface area contributed by atoms with Gasteiger partial charge < -0.3 is 30.2 Å². The normalized spacial score (nSPS) is 11.6. The Morgan fingerprint density at radius 1 is 1.04 bits per heavy atom. The number of aliphatic imine (C=N–C) groups is 1. The predicted molar refractivity (Wildman–Crippen MR) is 107 cm³/mol. The lowest BCUT2D eigenvalue weighted by atomic mass is 9.92. The average molecular weight is 380 g/mol. The lowest BCUT2D eigenvalue weighted by molar-refractivity contribution is -0.128. The second-order valence-corrected chi connectivity index (χ2v) is 6.56. The van der Waals surface area contributed by atoms with Crippen LogP contribution >= 0.6 is 0 Å². The van der Waals surface area contributed by atoms with Crippen LogP contribution in [-0.2, 0) is 11.3 Å². The van der Waals surface area contributed by atoms with Crippen molar-refractivity contribution in [2.24, 2.45) is 10.4 Å². The first-order valence-corrected chi connectivity index (χ1v) is 8.84.